The van der Waals surface area contributed by atoms with Gasteiger partial charge in [0.2, 0.25) is 0 Å². The Labute approximate surface area is 173 Å². The molecule has 0 aliphatic carbocycles. The van der Waals surface area contributed by atoms with Crippen LogP contribution in [-0.2, 0) is 12.8 Å². The molecule has 0 aromatic heterocycles. The van der Waals surface area contributed by atoms with Crippen LogP contribution < -0.4 is 0 Å². The number of hydrogen-bond acceptors (Lipinski definition) is 0. The standard InChI is InChI=1S/C26H28ClF/c1-3-5-6-8-23-17-18-24(25(27)26(23)28)22-15-13-21(14-16-22)20-11-9-19(7-4-2)10-12-20/h9-18H,3-8H2,1-2H3. The molecule has 0 unspecified atom stereocenters. The maximum Gasteiger partial charge on any atom is 0.145 e. The van der Waals surface area contributed by atoms with Gasteiger partial charge >= 0.3 is 0 Å². The first-order valence-corrected chi connectivity index (χ1v) is 10.7. The van der Waals surface area contributed by atoms with E-state index in [-0.39, 0.29) is 10.8 Å². The van der Waals surface area contributed by atoms with Gasteiger partial charge in [0.15, 0.2) is 0 Å². The average Bonchev–Trinajstić information content (AvgIpc) is 2.72. The molecule has 0 heterocycles. The predicted octanol–water partition coefficient (Wildman–Crippen LogP) is 8.50. The Hall–Kier alpha value is -2.12. The molecule has 0 saturated heterocycles. The molecule has 0 bridgehead atoms. The van der Waals surface area contributed by atoms with E-state index in [2.05, 4.69) is 50.2 Å². The van der Waals surface area contributed by atoms with E-state index in [4.69, 9.17) is 11.6 Å². The Bertz CT molecular complexity index is 895. The van der Waals surface area contributed by atoms with Gasteiger partial charge in [0, 0.05) is 5.56 Å². The quantitative estimate of drug-likeness (QED) is 0.336. The molecule has 3 aromatic carbocycles. The summed E-state index contributed by atoms with van der Waals surface area (Å²) in [6, 6.07) is 20.7. The van der Waals surface area contributed by atoms with Crippen molar-refractivity contribution in [3.8, 4) is 22.3 Å². The summed E-state index contributed by atoms with van der Waals surface area (Å²) in [6.07, 6.45) is 6.24. The van der Waals surface area contributed by atoms with E-state index in [0.29, 0.717) is 5.56 Å². The molecule has 28 heavy (non-hydrogen) atoms. The number of rotatable bonds is 8. The lowest BCUT2D eigenvalue weighted by molar-refractivity contribution is 0.599. The Morgan fingerprint density at radius 1 is 0.679 bits per heavy atom. The van der Waals surface area contributed by atoms with Crippen LogP contribution in [0.3, 0.4) is 0 Å². The molecular weight excluding hydrogens is 367 g/mol. The summed E-state index contributed by atoms with van der Waals surface area (Å²) in [6.45, 7) is 4.34. The van der Waals surface area contributed by atoms with Crippen molar-refractivity contribution in [1.82, 2.24) is 0 Å². The van der Waals surface area contributed by atoms with Gasteiger partial charge in [-0.3, -0.25) is 0 Å². The average molecular weight is 395 g/mol. The van der Waals surface area contributed by atoms with Gasteiger partial charge in [0.05, 0.1) is 5.02 Å². The van der Waals surface area contributed by atoms with Crippen molar-refractivity contribution in [2.75, 3.05) is 0 Å². The van der Waals surface area contributed by atoms with Crippen molar-refractivity contribution in [2.24, 2.45) is 0 Å². The largest absolute Gasteiger partial charge is 0.205 e. The highest BCUT2D eigenvalue weighted by atomic mass is 35.5. The maximum atomic E-state index is 14.7. The molecule has 0 saturated carbocycles. The second-order valence-corrected chi connectivity index (χ2v) is 7.76. The lowest BCUT2D eigenvalue weighted by Gasteiger charge is -2.11. The fraction of sp³-hybridized carbons (Fsp3) is 0.308. The lowest BCUT2D eigenvalue weighted by atomic mass is 9.97. The predicted molar refractivity (Wildman–Crippen MR) is 120 cm³/mol. The van der Waals surface area contributed by atoms with Crippen LogP contribution in [0.5, 0.6) is 0 Å². The summed E-state index contributed by atoms with van der Waals surface area (Å²) in [4.78, 5) is 0. The van der Waals surface area contributed by atoms with Crippen LogP contribution >= 0.6 is 11.6 Å². The molecule has 2 heteroatoms. The summed E-state index contributed by atoms with van der Waals surface area (Å²) in [5, 5.41) is 0.227. The fourth-order valence-electron chi connectivity index (χ4n) is 3.57. The third-order valence-electron chi connectivity index (χ3n) is 5.23. The van der Waals surface area contributed by atoms with Crippen LogP contribution in [0.25, 0.3) is 22.3 Å². The number of benzene rings is 3. The molecule has 0 spiro atoms. The van der Waals surface area contributed by atoms with E-state index in [9.17, 15) is 4.39 Å². The highest BCUT2D eigenvalue weighted by molar-refractivity contribution is 6.33. The van der Waals surface area contributed by atoms with Gasteiger partial charge in [-0.05, 0) is 47.1 Å². The van der Waals surface area contributed by atoms with Crippen molar-refractivity contribution in [1.29, 1.82) is 0 Å². The fourth-order valence-corrected chi connectivity index (χ4v) is 3.86. The summed E-state index contributed by atoms with van der Waals surface area (Å²) in [7, 11) is 0. The molecule has 0 N–H and O–H groups in total. The van der Waals surface area contributed by atoms with Crippen molar-refractivity contribution in [2.45, 2.75) is 52.4 Å². The Morgan fingerprint density at radius 3 is 1.89 bits per heavy atom. The molecule has 0 aliphatic heterocycles. The second kappa shape index (κ2) is 9.89. The molecular formula is C26H28ClF. The lowest BCUT2D eigenvalue weighted by Crippen LogP contribution is -1.94. The monoisotopic (exact) mass is 394 g/mol. The minimum absolute atomic E-state index is 0.227. The Balaban J connectivity index is 1.80. The van der Waals surface area contributed by atoms with Crippen molar-refractivity contribution >= 4 is 11.6 Å². The number of aryl methyl sites for hydroxylation is 2. The zero-order valence-electron chi connectivity index (χ0n) is 16.8. The van der Waals surface area contributed by atoms with Crippen LogP contribution in [0.2, 0.25) is 5.02 Å². The van der Waals surface area contributed by atoms with Gasteiger partial charge in [-0.25, -0.2) is 4.39 Å². The summed E-state index contributed by atoms with van der Waals surface area (Å²) in [5.41, 5.74) is 6.11. The molecule has 3 aromatic rings. The molecule has 0 amide bonds. The second-order valence-electron chi connectivity index (χ2n) is 7.38. The zero-order valence-corrected chi connectivity index (χ0v) is 17.5. The van der Waals surface area contributed by atoms with E-state index < -0.39 is 0 Å². The van der Waals surface area contributed by atoms with Gasteiger partial charge in [0.25, 0.3) is 0 Å². The van der Waals surface area contributed by atoms with E-state index >= 15 is 0 Å². The summed E-state index contributed by atoms with van der Waals surface area (Å²) in [5.74, 6) is -0.272. The molecule has 0 fully saturated rings. The van der Waals surface area contributed by atoms with Crippen LogP contribution in [0, 0.1) is 5.82 Å². The third-order valence-corrected chi connectivity index (χ3v) is 5.60. The number of halogens is 2. The number of hydrogen-bond donors (Lipinski definition) is 0. The highest BCUT2D eigenvalue weighted by Crippen LogP contribution is 2.33. The highest BCUT2D eigenvalue weighted by Gasteiger charge is 2.13. The minimum atomic E-state index is -0.272. The van der Waals surface area contributed by atoms with Crippen molar-refractivity contribution in [3.05, 3.63) is 82.6 Å². The van der Waals surface area contributed by atoms with E-state index in [0.717, 1.165) is 55.2 Å². The molecule has 0 nitrogen and oxygen atoms in total. The van der Waals surface area contributed by atoms with Crippen LogP contribution in [-0.4, -0.2) is 0 Å². The van der Waals surface area contributed by atoms with Gasteiger partial charge in [-0.2, -0.15) is 0 Å². The van der Waals surface area contributed by atoms with Gasteiger partial charge < -0.3 is 0 Å². The summed E-state index contributed by atoms with van der Waals surface area (Å²) >= 11 is 6.37. The minimum Gasteiger partial charge on any atom is -0.205 e. The molecule has 146 valence electrons. The van der Waals surface area contributed by atoms with Crippen LogP contribution in [0.4, 0.5) is 4.39 Å². The first-order valence-electron chi connectivity index (χ1n) is 10.3. The van der Waals surface area contributed by atoms with E-state index in [1.807, 2.05) is 24.3 Å². The Morgan fingerprint density at radius 2 is 1.29 bits per heavy atom. The van der Waals surface area contributed by atoms with Gasteiger partial charge in [-0.15, -0.1) is 0 Å². The zero-order chi connectivity index (χ0) is 19.9. The van der Waals surface area contributed by atoms with Crippen molar-refractivity contribution < 1.29 is 4.39 Å². The molecule has 0 atom stereocenters. The molecule has 0 aliphatic rings. The van der Waals surface area contributed by atoms with Crippen LogP contribution in [0.15, 0.2) is 60.7 Å². The van der Waals surface area contributed by atoms with Crippen molar-refractivity contribution in [3.63, 3.8) is 0 Å². The normalized spacial score (nSPS) is 11.0. The molecule has 3 rings (SSSR count). The SMILES string of the molecule is CCCCCc1ccc(-c2ccc(-c3ccc(CCC)cc3)cc2)c(Cl)c1F. The summed E-state index contributed by atoms with van der Waals surface area (Å²) < 4.78 is 14.7. The molecule has 0 radical (unpaired) electrons. The van der Waals surface area contributed by atoms with Gasteiger partial charge in [0.1, 0.15) is 5.82 Å². The van der Waals surface area contributed by atoms with Gasteiger partial charge in [-0.1, -0.05) is 105 Å². The van der Waals surface area contributed by atoms with E-state index in [1.54, 1.807) is 0 Å². The Kier molecular flexibility index (Phi) is 7.28. The van der Waals surface area contributed by atoms with E-state index in [1.165, 1.54) is 11.1 Å². The first kappa shape index (κ1) is 20.6. The third kappa shape index (κ3) is 4.83. The first-order chi connectivity index (χ1) is 13.6. The van der Waals surface area contributed by atoms with Crippen LogP contribution in [0.1, 0.15) is 50.7 Å². The maximum absolute atomic E-state index is 14.7. The smallest absolute Gasteiger partial charge is 0.145 e. The topological polar surface area (TPSA) is 0 Å². The number of unbranched alkanes of at least 4 members (excludes halogenated alkanes) is 2.